The molecule has 0 aliphatic carbocycles. The van der Waals surface area contributed by atoms with Gasteiger partial charge in [-0.2, -0.15) is 0 Å². The smallest absolute Gasteiger partial charge is 0.108 e. The van der Waals surface area contributed by atoms with Gasteiger partial charge < -0.3 is 0 Å². The number of hydrogen-bond acceptors (Lipinski definition) is 4. The van der Waals surface area contributed by atoms with Crippen molar-refractivity contribution in [3.63, 3.8) is 0 Å². The van der Waals surface area contributed by atoms with Crippen LogP contribution in [0.3, 0.4) is 0 Å². The second kappa shape index (κ2) is 4.96. The standard InChI is InChI=1S/C13H17N3S/c1-8-4-10(3)11(5-9(8)2)12-7-17-13(16-12)6-15-14/h4-5,7,15H,6,14H2,1-3H3. The lowest BCUT2D eigenvalue weighted by Gasteiger charge is -2.07. The molecule has 0 fully saturated rings. The molecular formula is C13H17N3S. The predicted octanol–water partition coefficient (Wildman–Crippen LogP) is 2.70. The molecule has 1 heterocycles. The van der Waals surface area contributed by atoms with Gasteiger partial charge in [-0.15, -0.1) is 11.3 Å². The van der Waals surface area contributed by atoms with Crippen molar-refractivity contribution in [2.24, 2.45) is 5.84 Å². The number of hydrazine groups is 1. The minimum absolute atomic E-state index is 0.620. The van der Waals surface area contributed by atoms with Crippen LogP contribution in [0.1, 0.15) is 21.7 Å². The summed E-state index contributed by atoms with van der Waals surface area (Å²) in [7, 11) is 0. The Labute approximate surface area is 106 Å². The lowest BCUT2D eigenvalue weighted by molar-refractivity contribution is 0.737. The van der Waals surface area contributed by atoms with Gasteiger partial charge in [-0.1, -0.05) is 6.07 Å². The second-order valence-corrected chi connectivity index (χ2v) is 5.20. The number of nitrogens with one attached hydrogen (secondary N) is 1. The van der Waals surface area contributed by atoms with Gasteiger partial charge in [0.05, 0.1) is 12.2 Å². The number of aromatic nitrogens is 1. The van der Waals surface area contributed by atoms with Crippen LogP contribution < -0.4 is 11.3 Å². The molecule has 0 saturated carbocycles. The van der Waals surface area contributed by atoms with Gasteiger partial charge >= 0.3 is 0 Å². The molecule has 3 nitrogen and oxygen atoms in total. The van der Waals surface area contributed by atoms with Crippen LogP contribution in [-0.2, 0) is 6.54 Å². The second-order valence-electron chi connectivity index (χ2n) is 4.26. The molecule has 0 saturated heterocycles. The zero-order chi connectivity index (χ0) is 12.4. The van der Waals surface area contributed by atoms with E-state index in [4.69, 9.17) is 5.84 Å². The van der Waals surface area contributed by atoms with Gasteiger partial charge in [0.15, 0.2) is 0 Å². The van der Waals surface area contributed by atoms with Gasteiger partial charge in [-0.25, -0.2) is 4.98 Å². The van der Waals surface area contributed by atoms with Crippen molar-refractivity contribution in [2.45, 2.75) is 27.3 Å². The average Bonchev–Trinajstić information content (AvgIpc) is 2.72. The SMILES string of the molecule is Cc1cc(C)c(-c2csc(CNN)n2)cc1C. The fourth-order valence-corrected chi connectivity index (χ4v) is 2.58. The fourth-order valence-electron chi connectivity index (χ4n) is 1.84. The topological polar surface area (TPSA) is 50.9 Å². The monoisotopic (exact) mass is 247 g/mol. The molecular weight excluding hydrogens is 230 g/mol. The highest BCUT2D eigenvalue weighted by Gasteiger charge is 2.08. The molecule has 0 atom stereocenters. The van der Waals surface area contributed by atoms with E-state index < -0.39 is 0 Å². The maximum absolute atomic E-state index is 5.30. The van der Waals surface area contributed by atoms with Gasteiger partial charge in [-0.05, 0) is 43.5 Å². The summed E-state index contributed by atoms with van der Waals surface area (Å²) in [6.07, 6.45) is 0. The van der Waals surface area contributed by atoms with E-state index in [2.05, 4.69) is 48.7 Å². The van der Waals surface area contributed by atoms with Gasteiger partial charge in [0.25, 0.3) is 0 Å². The fraction of sp³-hybridized carbons (Fsp3) is 0.308. The molecule has 0 unspecified atom stereocenters. The van der Waals surface area contributed by atoms with Crippen molar-refractivity contribution in [1.82, 2.24) is 10.4 Å². The highest BCUT2D eigenvalue weighted by molar-refractivity contribution is 7.09. The largest absolute Gasteiger partial charge is 0.271 e. The van der Waals surface area contributed by atoms with Crippen molar-refractivity contribution in [3.8, 4) is 11.3 Å². The first-order valence-electron chi connectivity index (χ1n) is 5.58. The molecule has 2 aromatic rings. The summed E-state index contributed by atoms with van der Waals surface area (Å²) >= 11 is 1.63. The quantitative estimate of drug-likeness (QED) is 0.647. The number of nitrogens with zero attached hydrogens (tertiary/aromatic N) is 1. The van der Waals surface area contributed by atoms with Crippen molar-refractivity contribution in [3.05, 3.63) is 39.2 Å². The van der Waals surface area contributed by atoms with Crippen LogP contribution in [-0.4, -0.2) is 4.98 Å². The summed E-state index contributed by atoms with van der Waals surface area (Å²) in [5, 5.41) is 3.10. The molecule has 0 amide bonds. The summed E-state index contributed by atoms with van der Waals surface area (Å²) in [5.74, 6) is 5.30. The minimum Gasteiger partial charge on any atom is -0.271 e. The molecule has 4 heteroatoms. The Morgan fingerprint density at radius 3 is 2.59 bits per heavy atom. The lowest BCUT2D eigenvalue weighted by atomic mass is 9.99. The van der Waals surface area contributed by atoms with E-state index in [0.717, 1.165) is 10.7 Å². The molecule has 0 radical (unpaired) electrons. The van der Waals surface area contributed by atoms with E-state index in [1.807, 2.05) is 0 Å². The zero-order valence-corrected chi connectivity index (χ0v) is 11.2. The molecule has 0 aliphatic heterocycles. The third-order valence-electron chi connectivity index (χ3n) is 2.92. The summed E-state index contributed by atoms with van der Waals surface area (Å²) in [5.41, 5.74) is 8.79. The maximum atomic E-state index is 5.30. The van der Waals surface area contributed by atoms with Gasteiger partial charge in [0.2, 0.25) is 0 Å². The van der Waals surface area contributed by atoms with E-state index in [0.29, 0.717) is 6.54 Å². The van der Waals surface area contributed by atoms with Crippen LogP contribution in [0.25, 0.3) is 11.3 Å². The number of benzene rings is 1. The van der Waals surface area contributed by atoms with E-state index in [1.165, 1.54) is 22.3 Å². The molecule has 0 aliphatic rings. The Kier molecular flexibility index (Phi) is 3.57. The maximum Gasteiger partial charge on any atom is 0.108 e. The number of thiazole rings is 1. The van der Waals surface area contributed by atoms with Crippen molar-refractivity contribution < 1.29 is 0 Å². The summed E-state index contributed by atoms with van der Waals surface area (Å²) in [4.78, 5) is 4.58. The molecule has 1 aromatic carbocycles. The van der Waals surface area contributed by atoms with E-state index in [9.17, 15) is 0 Å². The lowest BCUT2D eigenvalue weighted by Crippen LogP contribution is -2.20. The third-order valence-corrected chi connectivity index (χ3v) is 3.77. The normalized spacial score (nSPS) is 10.8. The molecule has 17 heavy (non-hydrogen) atoms. The van der Waals surface area contributed by atoms with Crippen LogP contribution in [0.15, 0.2) is 17.5 Å². The Bertz CT molecular complexity index is 531. The Balaban J connectivity index is 2.41. The van der Waals surface area contributed by atoms with Gasteiger partial charge in [-0.3, -0.25) is 11.3 Å². The van der Waals surface area contributed by atoms with Crippen LogP contribution in [0, 0.1) is 20.8 Å². The van der Waals surface area contributed by atoms with E-state index in [1.54, 1.807) is 11.3 Å². The van der Waals surface area contributed by atoms with Crippen molar-refractivity contribution >= 4 is 11.3 Å². The predicted molar refractivity (Wildman–Crippen MR) is 72.8 cm³/mol. The average molecular weight is 247 g/mol. The number of hydrogen-bond donors (Lipinski definition) is 2. The number of aryl methyl sites for hydroxylation is 3. The van der Waals surface area contributed by atoms with E-state index >= 15 is 0 Å². The molecule has 0 bridgehead atoms. The van der Waals surface area contributed by atoms with Crippen molar-refractivity contribution in [2.75, 3.05) is 0 Å². The Morgan fingerprint density at radius 2 is 1.88 bits per heavy atom. The van der Waals surface area contributed by atoms with Crippen LogP contribution >= 0.6 is 11.3 Å². The number of rotatable bonds is 3. The first-order chi connectivity index (χ1) is 8.11. The summed E-state index contributed by atoms with van der Waals surface area (Å²) in [6.45, 7) is 7.01. The molecule has 0 spiro atoms. The van der Waals surface area contributed by atoms with Gasteiger partial charge in [0.1, 0.15) is 5.01 Å². The summed E-state index contributed by atoms with van der Waals surface area (Å²) < 4.78 is 0. The van der Waals surface area contributed by atoms with Crippen molar-refractivity contribution in [1.29, 1.82) is 0 Å². The Hall–Kier alpha value is -1.23. The molecule has 3 N–H and O–H groups in total. The Morgan fingerprint density at radius 1 is 1.18 bits per heavy atom. The zero-order valence-electron chi connectivity index (χ0n) is 10.4. The number of nitrogens with two attached hydrogens (primary N) is 1. The highest BCUT2D eigenvalue weighted by atomic mass is 32.1. The highest BCUT2D eigenvalue weighted by Crippen LogP contribution is 2.27. The van der Waals surface area contributed by atoms with Crippen LogP contribution in [0.2, 0.25) is 0 Å². The van der Waals surface area contributed by atoms with Crippen LogP contribution in [0.4, 0.5) is 0 Å². The first kappa shape index (κ1) is 12.2. The molecule has 2 rings (SSSR count). The minimum atomic E-state index is 0.620. The molecule has 1 aromatic heterocycles. The third kappa shape index (κ3) is 2.54. The van der Waals surface area contributed by atoms with Crippen LogP contribution in [0.5, 0.6) is 0 Å². The first-order valence-corrected chi connectivity index (χ1v) is 6.46. The summed E-state index contributed by atoms with van der Waals surface area (Å²) in [6, 6.07) is 4.42. The van der Waals surface area contributed by atoms with Gasteiger partial charge in [0, 0.05) is 10.9 Å². The molecule has 90 valence electrons. The van der Waals surface area contributed by atoms with E-state index in [-0.39, 0.29) is 0 Å².